The third-order valence-electron chi connectivity index (χ3n) is 5.75. The van der Waals surface area contributed by atoms with E-state index in [9.17, 15) is 9.90 Å². The zero-order chi connectivity index (χ0) is 23.4. The molecule has 1 aliphatic heterocycles. The minimum Gasteiger partial charge on any atom is -0.481 e. The Balaban J connectivity index is 1.50. The summed E-state index contributed by atoms with van der Waals surface area (Å²) in [5.41, 5.74) is 2.98. The van der Waals surface area contributed by atoms with Gasteiger partial charge in [0.25, 0.3) is 0 Å². The molecule has 1 unspecified atom stereocenters. The molecular weight excluding hydrogens is 456 g/mol. The summed E-state index contributed by atoms with van der Waals surface area (Å²) in [6.45, 7) is 5.62. The Morgan fingerprint density at radius 2 is 1.97 bits per heavy atom. The van der Waals surface area contributed by atoms with Crippen LogP contribution in [0.4, 0.5) is 11.6 Å². The minimum absolute atomic E-state index is 0.347. The summed E-state index contributed by atoms with van der Waals surface area (Å²) >= 11 is 7.88. The van der Waals surface area contributed by atoms with E-state index in [1.165, 1.54) is 17.5 Å². The highest BCUT2D eigenvalue weighted by Crippen LogP contribution is 2.34. The number of piperidine rings is 1. The molecule has 1 aromatic carbocycles. The topological polar surface area (TPSA) is 78.4 Å². The molecule has 172 valence electrons. The lowest BCUT2D eigenvalue weighted by atomic mass is 9.95. The molecule has 2 aromatic heterocycles. The molecule has 0 radical (unpaired) electrons. The van der Waals surface area contributed by atoms with Gasteiger partial charge in [0.2, 0.25) is 0 Å². The maximum atomic E-state index is 11.4. The normalized spacial score (nSPS) is 16.1. The van der Waals surface area contributed by atoms with Crippen molar-refractivity contribution in [2.24, 2.45) is 5.92 Å². The highest BCUT2D eigenvalue weighted by molar-refractivity contribution is 8.00. The van der Waals surface area contributed by atoms with Crippen LogP contribution in [0.25, 0.3) is 11.3 Å². The van der Waals surface area contributed by atoms with Gasteiger partial charge in [0.1, 0.15) is 16.7 Å². The minimum atomic E-state index is -0.740. The molecular formula is C25H27ClN4O2S. The second kappa shape index (κ2) is 10.4. The predicted molar refractivity (Wildman–Crippen MR) is 135 cm³/mol. The van der Waals surface area contributed by atoms with E-state index in [-0.39, 0.29) is 5.92 Å². The van der Waals surface area contributed by atoms with Crippen LogP contribution >= 0.6 is 23.5 Å². The molecule has 0 spiro atoms. The van der Waals surface area contributed by atoms with Crippen LogP contribution in [0.15, 0.2) is 59.6 Å². The first-order valence-corrected chi connectivity index (χ1v) is 12.3. The van der Waals surface area contributed by atoms with Gasteiger partial charge < -0.3 is 14.7 Å². The molecule has 2 N–H and O–H groups in total. The van der Waals surface area contributed by atoms with Gasteiger partial charge in [-0.15, -0.1) is 0 Å². The van der Waals surface area contributed by atoms with E-state index in [0.29, 0.717) is 29.7 Å². The fourth-order valence-corrected chi connectivity index (χ4v) is 4.85. The van der Waals surface area contributed by atoms with E-state index in [0.717, 1.165) is 35.1 Å². The number of nitrogens with zero attached hydrogens (tertiary/aromatic N) is 3. The van der Waals surface area contributed by atoms with Crippen molar-refractivity contribution in [1.29, 1.82) is 0 Å². The van der Waals surface area contributed by atoms with E-state index in [4.69, 9.17) is 21.6 Å². The quantitative estimate of drug-likeness (QED) is 0.380. The van der Waals surface area contributed by atoms with Crippen molar-refractivity contribution in [2.75, 3.05) is 22.7 Å². The number of halogens is 1. The fourth-order valence-electron chi connectivity index (χ4n) is 4.03. The van der Waals surface area contributed by atoms with E-state index in [2.05, 4.69) is 30.7 Å². The third-order valence-corrected chi connectivity index (χ3v) is 6.80. The lowest BCUT2D eigenvalue weighted by Crippen LogP contribution is -2.39. The maximum absolute atomic E-state index is 11.4. The summed E-state index contributed by atoms with van der Waals surface area (Å²) < 4.78 is 3.28. The van der Waals surface area contributed by atoms with Gasteiger partial charge in [0, 0.05) is 30.6 Å². The molecule has 4 rings (SSSR count). The van der Waals surface area contributed by atoms with Gasteiger partial charge in [-0.2, -0.15) is 0 Å². The molecule has 0 saturated carbocycles. The molecule has 8 heteroatoms. The Kier molecular flexibility index (Phi) is 7.40. The molecule has 3 aromatic rings. The van der Waals surface area contributed by atoms with Gasteiger partial charge in [-0.25, -0.2) is 9.97 Å². The SMILES string of the molecule is CC(C)c1ccccc1-c1nc(NSc2cccc(N3CCCC(C(=O)O)C3)n2)ccc1Cl. The Labute approximate surface area is 203 Å². The summed E-state index contributed by atoms with van der Waals surface area (Å²) in [7, 11) is 0. The zero-order valence-corrected chi connectivity index (χ0v) is 20.2. The zero-order valence-electron chi connectivity index (χ0n) is 18.7. The van der Waals surface area contributed by atoms with Crippen molar-refractivity contribution in [1.82, 2.24) is 9.97 Å². The molecule has 1 aliphatic rings. The Bertz CT molecular complexity index is 1140. The van der Waals surface area contributed by atoms with Crippen molar-refractivity contribution < 1.29 is 9.90 Å². The van der Waals surface area contributed by atoms with Gasteiger partial charge in [-0.1, -0.05) is 55.8 Å². The predicted octanol–water partition coefficient (Wildman–Crippen LogP) is 6.34. The van der Waals surface area contributed by atoms with Crippen LogP contribution in [-0.4, -0.2) is 34.1 Å². The fraction of sp³-hybridized carbons (Fsp3) is 0.320. The number of benzene rings is 1. The largest absolute Gasteiger partial charge is 0.481 e. The average Bonchev–Trinajstić information content (AvgIpc) is 2.84. The van der Waals surface area contributed by atoms with Crippen LogP contribution in [0.5, 0.6) is 0 Å². The molecule has 0 bridgehead atoms. The first-order valence-electron chi connectivity index (χ1n) is 11.1. The second-order valence-electron chi connectivity index (χ2n) is 8.43. The average molecular weight is 483 g/mol. The van der Waals surface area contributed by atoms with Gasteiger partial charge in [0.05, 0.1) is 16.6 Å². The summed E-state index contributed by atoms with van der Waals surface area (Å²) in [4.78, 5) is 22.9. The Morgan fingerprint density at radius 1 is 1.15 bits per heavy atom. The highest BCUT2D eigenvalue weighted by atomic mass is 35.5. The maximum Gasteiger partial charge on any atom is 0.308 e. The Morgan fingerprint density at radius 3 is 2.76 bits per heavy atom. The van der Waals surface area contributed by atoms with E-state index >= 15 is 0 Å². The summed E-state index contributed by atoms with van der Waals surface area (Å²) in [6, 6.07) is 17.7. The van der Waals surface area contributed by atoms with Crippen LogP contribution in [0.3, 0.4) is 0 Å². The number of anilines is 2. The summed E-state index contributed by atoms with van der Waals surface area (Å²) in [5, 5.41) is 10.8. The first kappa shape index (κ1) is 23.4. The number of hydrogen-bond acceptors (Lipinski definition) is 6. The lowest BCUT2D eigenvalue weighted by Gasteiger charge is -2.31. The van der Waals surface area contributed by atoms with Gasteiger partial charge >= 0.3 is 5.97 Å². The van der Waals surface area contributed by atoms with Crippen molar-refractivity contribution in [3.05, 3.63) is 65.2 Å². The van der Waals surface area contributed by atoms with E-state index < -0.39 is 5.97 Å². The van der Waals surface area contributed by atoms with Crippen molar-refractivity contribution in [3.8, 4) is 11.3 Å². The molecule has 1 atom stereocenters. The van der Waals surface area contributed by atoms with Gasteiger partial charge in [-0.05, 0) is 48.6 Å². The smallest absolute Gasteiger partial charge is 0.308 e. The molecule has 0 aliphatic carbocycles. The number of aliphatic carboxylic acids is 1. The number of carbonyl (C=O) groups is 1. The molecule has 1 saturated heterocycles. The Hall–Kier alpha value is -2.77. The summed E-state index contributed by atoms with van der Waals surface area (Å²) in [5.74, 6) is 0.751. The van der Waals surface area contributed by atoms with Crippen LogP contribution in [0.1, 0.15) is 38.2 Å². The first-order chi connectivity index (χ1) is 15.9. The monoisotopic (exact) mass is 482 g/mol. The van der Waals surface area contributed by atoms with Crippen LogP contribution < -0.4 is 9.62 Å². The summed E-state index contributed by atoms with van der Waals surface area (Å²) in [6.07, 6.45) is 1.57. The number of pyridine rings is 2. The number of carboxylic acid groups (broad SMARTS) is 1. The number of aromatic nitrogens is 2. The van der Waals surface area contributed by atoms with Crippen molar-refractivity contribution >= 4 is 41.2 Å². The lowest BCUT2D eigenvalue weighted by molar-refractivity contribution is -0.141. The molecule has 0 amide bonds. The number of carboxylic acids is 1. The van der Waals surface area contributed by atoms with Crippen LogP contribution in [0, 0.1) is 5.92 Å². The molecule has 1 fully saturated rings. The molecule has 3 heterocycles. The third kappa shape index (κ3) is 5.60. The standard InChI is InChI=1S/C25H27ClN4O2S/c1-16(2)18-8-3-4-9-19(18)24-20(26)12-13-21(27-24)29-33-23-11-5-10-22(28-23)30-14-6-7-17(15-30)25(31)32/h3-5,8-13,16-17H,6-7,14-15H2,1-2H3,(H,27,29)(H,31,32). The van der Waals surface area contributed by atoms with E-state index in [1.54, 1.807) is 0 Å². The van der Waals surface area contributed by atoms with Crippen LogP contribution in [0.2, 0.25) is 5.02 Å². The van der Waals surface area contributed by atoms with Crippen molar-refractivity contribution in [3.63, 3.8) is 0 Å². The van der Waals surface area contributed by atoms with Crippen LogP contribution in [-0.2, 0) is 4.79 Å². The number of hydrogen-bond donors (Lipinski definition) is 2. The van der Waals surface area contributed by atoms with Crippen molar-refractivity contribution in [2.45, 2.75) is 37.6 Å². The van der Waals surface area contributed by atoms with E-state index in [1.807, 2.05) is 47.4 Å². The second-order valence-corrected chi connectivity index (χ2v) is 9.66. The molecule has 33 heavy (non-hydrogen) atoms. The number of nitrogens with one attached hydrogen (secondary N) is 1. The highest BCUT2D eigenvalue weighted by Gasteiger charge is 2.26. The van der Waals surface area contributed by atoms with Gasteiger partial charge in [0.15, 0.2) is 0 Å². The van der Waals surface area contributed by atoms with Gasteiger partial charge in [-0.3, -0.25) is 4.79 Å². The molecule has 6 nitrogen and oxygen atoms in total. The number of rotatable bonds is 7.